The van der Waals surface area contributed by atoms with Gasteiger partial charge in [-0.3, -0.25) is 4.90 Å². The van der Waals surface area contributed by atoms with Crippen LogP contribution in [0.5, 0.6) is 0 Å². The van der Waals surface area contributed by atoms with Crippen molar-refractivity contribution in [1.82, 2.24) is 14.7 Å². The second-order valence-electron chi connectivity index (χ2n) is 4.81. The molecular weight excluding hydrogens is 190 g/mol. The van der Waals surface area contributed by atoms with E-state index in [0.29, 0.717) is 6.04 Å². The van der Waals surface area contributed by atoms with E-state index >= 15 is 0 Å². The summed E-state index contributed by atoms with van der Waals surface area (Å²) in [6.07, 6.45) is 3.68. The van der Waals surface area contributed by atoms with Crippen LogP contribution >= 0.6 is 0 Å². The molecule has 2 amide bonds. The minimum Gasteiger partial charge on any atom is -0.331 e. The van der Waals surface area contributed by atoms with E-state index in [1.807, 2.05) is 19.0 Å². The van der Waals surface area contributed by atoms with E-state index in [-0.39, 0.29) is 6.03 Å². The molecule has 0 bridgehead atoms. The Labute approximate surface area is 91.8 Å². The molecule has 0 aliphatic carbocycles. The van der Waals surface area contributed by atoms with Gasteiger partial charge in [0.2, 0.25) is 0 Å². The normalized spacial score (nSPS) is 27.3. The van der Waals surface area contributed by atoms with Crippen LogP contribution in [0.4, 0.5) is 4.79 Å². The fourth-order valence-corrected chi connectivity index (χ4v) is 2.66. The Morgan fingerprint density at radius 1 is 1.20 bits per heavy atom. The van der Waals surface area contributed by atoms with Gasteiger partial charge in [0, 0.05) is 39.8 Å². The van der Waals surface area contributed by atoms with E-state index < -0.39 is 0 Å². The molecule has 2 saturated heterocycles. The van der Waals surface area contributed by atoms with E-state index in [4.69, 9.17) is 0 Å². The summed E-state index contributed by atoms with van der Waals surface area (Å²) in [5, 5.41) is 0. The smallest absolute Gasteiger partial charge is 0.319 e. The first-order chi connectivity index (χ1) is 7.18. The molecule has 1 atom stereocenters. The molecule has 4 heteroatoms. The second kappa shape index (κ2) is 4.39. The summed E-state index contributed by atoms with van der Waals surface area (Å²) in [5.41, 5.74) is 0. The van der Waals surface area contributed by atoms with Gasteiger partial charge in [0.1, 0.15) is 0 Å². The van der Waals surface area contributed by atoms with Crippen molar-refractivity contribution in [2.24, 2.45) is 0 Å². The average molecular weight is 211 g/mol. The van der Waals surface area contributed by atoms with Crippen LogP contribution in [0.25, 0.3) is 0 Å². The minimum atomic E-state index is 0.170. The maximum atomic E-state index is 11.9. The fraction of sp³-hybridized carbons (Fsp3) is 0.909. The Hall–Kier alpha value is -0.770. The number of rotatable bonds is 0. The molecule has 0 spiro atoms. The molecule has 15 heavy (non-hydrogen) atoms. The van der Waals surface area contributed by atoms with Crippen molar-refractivity contribution in [3.63, 3.8) is 0 Å². The molecule has 86 valence electrons. The summed E-state index contributed by atoms with van der Waals surface area (Å²) in [5.74, 6) is 0. The van der Waals surface area contributed by atoms with Crippen LogP contribution < -0.4 is 0 Å². The lowest BCUT2D eigenvalue weighted by Crippen LogP contribution is -2.44. The Morgan fingerprint density at radius 2 is 1.93 bits per heavy atom. The summed E-state index contributed by atoms with van der Waals surface area (Å²) >= 11 is 0. The molecule has 2 heterocycles. The lowest BCUT2D eigenvalue weighted by molar-refractivity contribution is 0.164. The average Bonchev–Trinajstić information content (AvgIpc) is 2.54. The number of hydrogen-bond donors (Lipinski definition) is 0. The molecular formula is C11H21N3O. The SMILES string of the molecule is CN(C)C(=O)N1CCCN2CCCC2C1. The third-order valence-corrected chi connectivity index (χ3v) is 3.46. The molecule has 0 saturated carbocycles. The number of carbonyl (C=O) groups is 1. The van der Waals surface area contributed by atoms with E-state index in [9.17, 15) is 4.79 Å². The molecule has 4 nitrogen and oxygen atoms in total. The summed E-state index contributed by atoms with van der Waals surface area (Å²) in [4.78, 5) is 18.1. The van der Waals surface area contributed by atoms with E-state index in [1.165, 1.54) is 25.9 Å². The molecule has 0 aromatic heterocycles. The number of nitrogens with zero attached hydrogens (tertiary/aromatic N) is 3. The fourth-order valence-electron chi connectivity index (χ4n) is 2.66. The summed E-state index contributed by atoms with van der Waals surface area (Å²) in [6, 6.07) is 0.792. The van der Waals surface area contributed by atoms with Gasteiger partial charge in [-0.15, -0.1) is 0 Å². The molecule has 2 fully saturated rings. The van der Waals surface area contributed by atoms with Crippen LogP contribution in [0.2, 0.25) is 0 Å². The maximum absolute atomic E-state index is 11.9. The van der Waals surface area contributed by atoms with Gasteiger partial charge in [-0.25, -0.2) is 4.79 Å². The Morgan fingerprint density at radius 3 is 2.67 bits per heavy atom. The molecule has 0 aromatic rings. The molecule has 2 aliphatic heterocycles. The predicted molar refractivity (Wildman–Crippen MR) is 59.9 cm³/mol. The van der Waals surface area contributed by atoms with Crippen LogP contribution in [0.1, 0.15) is 19.3 Å². The third kappa shape index (κ3) is 2.25. The molecule has 0 aromatic carbocycles. The van der Waals surface area contributed by atoms with Crippen molar-refractivity contribution < 1.29 is 4.79 Å². The number of carbonyl (C=O) groups excluding carboxylic acids is 1. The topological polar surface area (TPSA) is 26.8 Å². The quantitative estimate of drug-likeness (QED) is 0.593. The van der Waals surface area contributed by atoms with Gasteiger partial charge in [-0.05, 0) is 25.8 Å². The van der Waals surface area contributed by atoms with Crippen LogP contribution in [0, 0.1) is 0 Å². The maximum Gasteiger partial charge on any atom is 0.319 e. The summed E-state index contributed by atoms with van der Waals surface area (Å²) in [6.45, 7) is 4.25. The zero-order valence-corrected chi connectivity index (χ0v) is 9.78. The number of amides is 2. The predicted octanol–water partition coefficient (Wildman–Crippen LogP) is 0.838. The van der Waals surface area contributed by atoms with Gasteiger partial charge in [0.25, 0.3) is 0 Å². The van der Waals surface area contributed by atoms with Crippen molar-refractivity contribution in [3.05, 3.63) is 0 Å². The van der Waals surface area contributed by atoms with Crippen molar-refractivity contribution in [1.29, 1.82) is 0 Å². The Balaban J connectivity index is 1.99. The first kappa shape index (κ1) is 10.7. The minimum absolute atomic E-state index is 0.170. The van der Waals surface area contributed by atoms with Crippen molar-refractivity contribution in [2.45, 2.75) is 25.3 Å². The molecule has 2 aliphatic rings. The zero-order valence-electron chi connectivity index (χ0n) is 9.78. The summed E-state index contributed by atoms with van der Waals surface area (Å²) in [7, 11) is 3.67. The van der Waals surface area contributed by atoms with Crippen LogP contribution in [-0.2, 0) is 0 Å². The molecule has 0 N–H and O–H groups in total. The lowest BCUT2D eigenvalue weighted by Gasteiger charge is -2.27. The zero-order chi connectivity index (χ0) is 10.8. The van der Waals surface area contributed by atoms with E-state index in [2.05, 4.69) is 4.90 Å². The van der Waals surface area contributed by atoms with Gasteiger partial charge >= 0.3 is 6.03 Å². The Kier molecular flexibility index (Phi) is 3.14. The van der Waals surface area contributed by atoms with E-state index in [1.54, 1.807) is 4.90 Å². The second-order valence-corrected chi connectivity index (χ2v) is 4.81. The first-order valence-electron chi connectivity index (χ1n) is 5.89. The largest absolute Gasteiger partial charge is 0.331 e. The van der Waals surface area contributed by atoms with Gasteiger partial charge in [-0.1, -0.05) is 0 Å². The number of hydrogen-bond acceptors (Lipinski definition) is 2. The van der Waals surface area contributed by atoms with E-state index in [0.717, 1.165) is 19.5 Å². The molecule has 1 unspecified atom stereocenters. The highest BCUT2D eigenvalue weighted by atomic mass is 16.2. The van der Waals surface area contributed by atoms with Crippen molar-refractivity contribution in [2.75, 3.05) is 40.3 Å². The van der Waals surface area contributed by atoms with Crippen molar-refractivity contribution >= 4 is 6.03 Å². The standard InChI is InChI=1S/C11H21N3O/c1-12(2)11(15)14-8-4-7-13-6-3-5-10(13)9-14/h10H,3-9H2,1-2H3. The summed E-state index contributed by atoms with van der Waals surface area (Å²) < 4.78 is 0. The highest BCUT2D eigenvalue weighted by Gasteiger charge is 2.30. The van der Waals surface area contributed by atoms with Crippen LogP contribution in [0.3, 0.4) is 0 Å². The highest BCUT2D eigenvalue weighted by Crippen LogP contribution is 2.21. The Bertz CT molecular complexity index is 242. The van der Waals surface area contributed by atoms with Crippen LogP contribution in [0.15, 0.2) is 0 Å². The monoisotopic (exact) mass is 211 g/mol. The van der Waals surface area contributed by atoms with Gasteiger partial charge in [-0.2, -0.15) is 0 Å². The molecule has 0 radical (unpaired) electrons. The van der Waals surface area contributed by atoms with Gasteiger partial charge < -0.3 is 9.80 Å². The first-order valence-corrected chi connectivity index (χ1v) is 5.89. The number of urea groups is 1. The van der Waals surface area contributed by atoms with Crippen molar-refractivity contribution in [3.8, 4) is 0 Å². The van der Waals surface area contributed by atoms with Gasteiger partial charge in [0.15, 0.2) is 0 Å². The highest BCUT2D eigenvalue weighted by molar-refractivity contribution is 5.73. The third-order valence-electron chi connectivity index (χ3n) is 3.46. The number of fused-ring (bicyclic) bond motifs is 1. The lowest BCUT2D eigenvalue weighted by atomic mass is 10.2. The van der Waals surface area contributed by atoms with Gasteiger partial charge in [0.05, 0.1) is 0 Å². The van der Waals surface area contributed by atoms with Crippen LogP contribution in [-0.4, -0.2) is 67.0 Å². The molecule has 2 rings (SSSR count).